The van der Waals surface area contributed by atoms with Crippen molar-refractivity contribution in [3.63, 3.8) is 0 Å². The largest absolute Gasteiger partial charge is 0.478 e. The van der Waals surface area contributed by atoms with Crippen LogP contribution in [0.25, 0.3) is 0 Å². The Morgan fingerprint density at radius 1 is 1.43 bits per heavy atom. The van der Waals surface area contributed by atoms with Gasteiger partial charge in [-0.15, -0.1) is 0 Å². The third-order valence-electron chi connectivity index (χ3n) is 3.63. The number of urea groups is 1. The highest BCUT2D eigenvalue weighted by Crippen LogP contribution is 2.18. The maximum Gasteiger partial charge on any atom is 0.338 e. The van der Waals surface area contributed by atoms with Crippen LogP contribution in [0.1, 0.15) is 16.8 Å². The standard InChI is InChI=1S/C14H18FN3O3/c1-17(2)10-5-6-18(8-10)14(21)16-9-3-4-11(13(19)20)12(15)7-9/h3-4,7,10H,5-6,8H2,1-2H3,(H,16,21)(H,19,20). The number of benzene rings is 1. The van der Waals surface area contributed by atoms with Gasteiger partial charge in [0.2, 0.25) is 0 Å². The summed E-state index contributed by atoms with van der Waals surface area (Å²) in [6, 6.07) is 3.55. The van der Waals surface area contributed by atoms with Gasteiger partial charge in [-0.1, -0.05) is 0 Å². The molecule has 0 aromatic heterocycles. The van der Waals surface area contributed by atoms with E-state index in [2.05, 4.69) is 10.2 Å². The number of hydrogen-bond donors (Lipinski definition) is 2. The summed E-state index contributed by atoms with van der Waals surface area (Å²) in [5, 5.41) is 11.3. The van der Waals surface area contributed by atoms with E-state index in [-0.39, 0.29) is 11.7 Å². The lowest BCUT2D eigenvalue weighted by atomic mass is 10.2. The van der Waals surface area contributed by atoms with Crippen molar-refractivity contribution in [1.82, 2.24) is 9.80 Å². The molecule has 1 unspecified atom stereocenters. The van der Waals surface area contributed by atoms with Crippen molar-refractivity contribution in [2.45, 2.75) is 12.5 Å². The summed E-state index contributed by atoms with van der Waals surface area (Å²) >= 11 is 0. The lowest BCUT2D eigenvalue weighted by Crippen LogP contribution is -2.36. The minimum absolute atomic E-state index is 0.246. The van der Waals surface area contributed by atoms with E-state index >= 15 is 0 Å². The monoisotopic (exact) mass is 295 g/mol. The van der Waals surface area contributed by atoms with E-state index in [1.54, 1.807) is 4.90 Å². The number of aromatic carboxylic acids is 1. The van der Waals surface area contributed by atoms with Crippen LogP contribution in [0.15, 0.2) is 18.2 Å². The number of nitrogens with one attached hydrogen (secondary N) is 1. The molecular formula is C14H18FN3O3. The van der Waals surface area contributed by atoms with Crippen LogP contribution in [0.5, 0.6) is 0 Å². The molecule has 1 heterocycles. The van der Waals surface area contributed by atoms with Gasteiger partial charge >= 0.3 is 12.0 Å². The van der Waals surface area contributed by atoms with Gasteiger partial charge < -0.3 is 20.2 Å². The molecule has 7 heteroatoms. The van der Waals surface area contributed by atoms with E-state index in [0.717, 1.165) is 18.6 Å². The molecule has 21 heavy (non-hydrogen) atoms. The van der Waals surface area contributed by atoms with Crippen LogP contribution in [-0.2, 0) is 0 Å². The number of halogens is 1. The first-order valence-corrected chi connectivity index (χ1v) is 6.63. The Kier molecular flexibility index (Phi) is 4.42. The lowest BCUT2D eigenvalue weighted by molar-refractivity contribution is 0.0692. The predicted octanol–water partition coefficient (Wildman–Crippen LogP) is 1.69. The molecule has 0 aliphatic carbocycles. The summed E-state index contributed by atoms with van der Waals surface area (Å²) in [5.74, 6) is -2.20. The summed E-state index contributed by atoms with van der Waals surface area (Å²) in [6.07, 6.45) is 0.896. The number of anilines is 1. The molecule has 2 amide bonds. The number of carboxylic acid groups (broad SMARTS) is 1. The summed E-state index contributed by atoms with van der Waals surface area (Å²) in [6.45, 7) is 1.26. The van der Waals surface area contributed by atoms with Crippen molar-refractivity contribution >= 4 is 17.7 Å². The second kappa shape index (κ2) is 6.09. The fraction of sp³-hybridized carbons (Fsp3) is 0.429. The average molecular weight is 295 g/mol. The van der Waals surface area contributed by atoms with Crippen molar-refractivity contribution in [3.05, 3.63) is 29.6 Å². The Morgan fingerprint density at radius 2 is 2.14 bits per heavy atom. The third-order valence-corrected chi connectivity index (χ3v) is 3.63. The summed E-state index contributed by atoms with van der Waals surface area (Å²) in [4.78, 5) is 26.5. The van der Waals surface area contributed by atoms with E-state index in [9.17, 15) is 14.0 Å². The van der Waals surface area contributed by atoms with Crippen molar-refractivity contribution in [3.8, 4) is 0 Å². The molecule has 1 aliphatic heterocycles. The predicted molar refractivity (Wildman–Crippen MR) is 76.0 cm³/mol. The molecule has 6 nitrogen and oxygen atoms in total. The molecule has 114 valence electrons. The summed E-state index contributed by atoms with van der Waals surface area (Å²) in [5.41, 5.74) is -0.169. The molecule has 0 bridgehead atoms. The van der Waals surface area contributed by atoms with Crippen LogP contribution in [0.3, 0.4) is 0 Å². The van der Waals surface area contributed by atoms with Gasteiger partial charge in [0.1, 0.15) is 5.82 Å². The molecule has 2 rings (SSSR count). The molecule has 1 aliphatic rings. The maximum absolute atomic E-state index is 13.5. The van der Waals surface area contributed by atoms with Crippen LogP contribution in [0, 0.1) is 5.82 Å². The smallest absolute Gasteiger partial charge is 0.338 e. The highest BCUT2D eigenvalue weighted by molar-refractivity contribution is 5.92. The molecule has 0 saturated carbocycles. The zero-order valence-electron chi connectivity index (χ0n) is 12.0. The Hall–Kier alpha value is -2.15. The summed E-state index contributed by atoms with van der Waals surface area (Å²) < 4.78 is 13.5. The van der Waals surface area contributed by atoms with Gasteiger partial charge in [0.25, 0.3) is 0 Å². The van der Waals surface area contributed by atoms with E-state index in [1.165, 1.54) is 6.07 Å². The molecule has 1 aromatic rings. The summed E-state index contributed by atoms with van der Waals surface area (Å²) in [7, 11) is 3.93. The number of nitrogens with zero attached hydrogens (tertiary/aromatic N) is 2. The minimum Gasteiger partial charge on any atom is -0.478 e. The first kappa shape index (κ1) is 15.2. The Bertz CT molecular complexity index is 562. The highest BCUT2D eigenvalue weighted by atomic mass is 19.1. The second-order valence-electron chi connectivity index (χ2n) is 5.28. The topological polar surface area (TPSA) is 72.9 Å². The number of rotatable bonds is 3. The van der Waals surface area contributed by atoms with Crippen LogP contribution >= 0.6 is 0 Å². The van der Waals surface area contributed by atoms with E-state index in [0.29, 0.717) is 19.1 Å². The normalized spacial score (nSPS) is 18.1. The van der Waals surface area contributed by atoms with Gasteiger partial charge in [-0.05, 0) is 38.7 Å². The first-order valence-electron chi connectivity index (χ1n) is 6.63. The number of carboxylic acids is 1. The Labute approximate surface area is 122 Å². The molecule has 2 N–H and O–H groups in total. The quantitative estimate of drug-likeness (QED) is 0.890. The minimum atomic E-state index is -1.33. The van der Waals surface area contributed by atoms with Gasteiger partial charge in [0.05, 0.1) is 5.56 Å². The number of carbonyl (C=O) groups excluding carboxylic acids is 1. The van der Waals surface area contributed by atoms with Gasteiger partial charge in [-0.3, -0.25) is 0 Å². The number of amides is 2. The van der Waals surface area contributed by atoms with Crippen molar-refractivity contribution < 1.29 is 19.1 Å². The Balaban J connectivity index is 2.00. The fourth-order valence-corrected chi connectivity index (χ4v) is 2.32. The molecule has 0 spiro atoms. The third kappa shape index (κ3) is 3.49. The van der Waals surface area contributed by atoms with Crippen LogP contribution in [-0.4, -0.2) is 60.1 Å². The highest BCUT2D eigenvalue weighted by Gasteiger charge is 2.27. The van der Waals surface area contributed by atoms with Crippen molar-refractivity contribution in [2.75, 3.05) is 32.5 Å². The lowest BCUT2D eigenvalue weighted by Gasteiger charge is -2.20. The molecule has 1 aromatic carbocycles. The van der Waals surface area contributed by atoms with Crippen LogP contribution in [0.4, 0.5) is 14.9 Å². The van der Waals surface area contributed by atoms with E-state index in [1.807, 2.05) is 14.1 Å². The van der Waals surface area contributed by atoms with Crippen molar-refractivity contribution in [1.29, 1.82) is 0 Å². The van der Waals surface area contributed by atoms with Crippen molar-refractivity contribution in [2.24, 2.45) is 0 Å². The number of carbonyl (C=O) groups is 2. The number of likely N-dealkylation sites (N-methyl/N-ethyl adjacent to an activating group) is 1. The molecular weight excluding hydrogens is 277 g/mol. The van der Waals surface area contributed by atoms with Gasteiger partial charge in [0.15, 0.2) is 0 Å². The Morgan fingerprint density at radius 3 is 2.67 bits per heavy atom. The van der Waals surface area contributed by atoms with Gasteiger partial charge in [0, 0.05) is 24.8 Å². The maximum atomic E-state index is 13.5. The van der Waals surface area contributed by atoms with Gasteiger partial charge in [-0.2, -0.15) is 0 Å². The second-order valence-corrected chi connectivity index (χ2v) is 5.28. The molecule has 1 saturated heterocycles. The van der Waals surface area contributed by atoms with Gasteiger partial charge in [-0.25, -0.2) is 14.0 Å². The first-order chi connectivity index (χ1) is 9.88. The average Bonchev–Trinajstić information content (AvgIpc) is 2.88. The number of likely N-dealkylation sites (tertiary alicyclic amines) is 1. The van der Waals surface area contributed by atoms with E-state index in [4.69, 9.17) is 5.11 Å². The zero-order valence-corrected chi connectivity index (χ0v) is 12.0. The zero-order chi connectivity index (χ0) is 15.6. The molecule has 1 atom stereocenters. The van der Waals surface area contributed by atoms with E-state index < -0.39 is 17.3 Å². The van der Waals surface area contributed by atoms with Crippen LogP contribution < -0.4 is 5.32 Å². The van der Waals surface area contributed by atoms with Crippen LogP contribution in [0.2, 0.25) is 0 Å². The number of hydrogen-bond acceptors (Lipinski definition) is 3. The molecule has 0 radical (unpaired) electrons. The molecule has 1 fully saturated rings. The fourth-order valence-electron chi connectivity index (χ4n) is 2.32. The SMILES string of the molecule is CN(C)C1CCN(C(=O)Nc2ccc(C(=O)O)c(F)c2)C1.